The summed E-state index contributed by atoms with van der Waals surface area (Å²) in [5.41, 5.74) is 4.52. The molecule has 0 atom stereocenters. The molecule has 1 aliphatic rings. The van der Waals surface area contributed by atoms with E-state index in [0.29, 0.717) is 5.56 Å². The zero-order valence-electron chi connectivity index (χ0n) is 12.4. The molecule has 0 saturated carbocycles. The average molecular weight is 365 g/mol. The van der Waals surface area contributed by atoms with Crippen molar-refractivity contribution in [3.05, 3.63) is 70.6 Å². The van der Waals surface area contributed by atoms with Gasteiger partial charge in [0.05, 0.1) is 5.69 Å². The maximum atomic E-state index is 13.0. The van der Waals surface area contributed by atoms with Gasteiger partial charge in [0.25, 0.3) is 0 Å². The van der Waals surface area contributed by atoms with Crippen molar-refractivity contribution in [3.8, 4) is 11.3 Å². The van der Waals surface area contributed by atoms with Crippen molar-refractivity contribution in [2.45, 2.75) is 6.18 Å². The van der Waals surface area contributed by atoms with Crippen molar-refractivity contribution in [2.75, 3.05) is 0 Å². The first-order valence-corrected chi connectivity index (χ1v) is 8.41. The summed E-state index contributed by atoms with van der Waals surface area (Å²) in [6.07, 6.45) is -2.24. The molecule has 0 radical (unpaired) electrons. The summed E-state index contributed by atoms with van der Waals surface area (Å²) < 4.78 is 62.7. The van der Waals surface area contributed by atoms with Crippen LogP contribution in [0.15, 0.2) is 64.9 Å². The summed E-state index contributed by atoms with van der Waals surface area (Å²) in [6.45, 7) is 0. The third kappa shape index (κ3) is 3.50. The third-order valence-corrected chi connectivity index (χ3v) is 4.16. The van der Waals surface area contributed by atoms with E-state index in [9.17, 15) is 21.6 Å². The van der Waals surface area contributed by atoms with Gasteiger partial charge in [-0.25, -0.2) is 18.2 Å². The van der Waals surface area contributed by atoms with Crippen LogP contribution in [0.4, 0.5) is 13.2 Å². The molecule has 5 nitrogen and oxygen atoms in total. The van der Waals surface area contributed by atoms with Crippen LogP contribution in [0.3, 0.4) is 0 Å². The molecule has 0 bridgehead atoms. The van der Waals surface area contributed by atoms with E-state index < -0.39 is 21.9 Å². The molecule has 0 unspecified atom stereocenters. The molecule has 25 heavy (non-hydrogen) atoms. The van der Waals surface area contributed by atoms with Gasteiger partial charge in [0.2, 0.25) is 10.0 Å². The Bertz CT molecular complexity index is 1070. The summed E-state index contributed by atoms with van der Waals surface area (Å²) in [6, 6.07) is 9.28. The molecule has 0 saturated heterocycles. The number of allylic oxidation sites excluding steroid dienone is 3. The third-order valence-electron chi connectivity index (χ3n) is 3.31. The molecule has 1 heterocycles. The maximum absolute atomic E-state index is 13.0. The number of nitrogens with zero attached hydrogens (tertiary/aromatic N) is 2. The van der Waals surface area contributed by atoms with E-state index in [1.54, 1.807) is 30.3 Å². The molecule has 0 fully saturated rings. The van der Waals surface area contributed by atoms with E-state index >= 15 is 0 Å². The van der Waals surface area contributed by atoms with E-state index in [4.69, 9.17) is 5.14 Å². The van der Waals surface area contributed by atoms with Gasteiger partial charge < -0.3 is 0 Å². The van der Waals surface area contributed by atoms with Crippen molar-refractivity contribution in [3.63, 3.8) is 0 Å². The number of nitrogens with two attached hydrogens (primary N) is 1. The number of halogens is 3. The second-order valence-corrected chi connectivity index (χ2v) is 6.60. The Balaban J connectivity index is 2.24. The van der Waals surface area contributed by atoms with Crippen LogP contribution in [0.1, 0.15) is 5.69 Å². The predicted molar refractivity (Wildman–Crippen MR) is 85.2 cm³/mol. The minimum absolute atomic E-state index is 0.0988. The van der Waals surface area contributed by atoms with Crippen molar-refractivity contribution in [1.29, 1.82) is 0 Å². The van der Waals surface area contributed by atoms with Gasteiger partial charge in [0.1, 0.15) is 10.6 Å². The molecular weight excluding hydrogens is 355 g/mol. The van der Waals surface area contributed by atoms with Gasteiger partial charge >= 0.3 is 6.18 Å². The van der Waals surface area contributed by atoms with Gasteiger partial charge in [-0.3, -0.25) is 0 Å². The minimum Gasteiger partial charge on any atom is -0.224 e. The van der Waals surface area contributed by atoms with E-state index in [-0.39, 0.29) is 16.3 Å². The second-order valence-electron chi connectivity index (χ2n) is 5.07. The maximum Gasteiger partial charge on any atom is 0.435 e. The Morgan fingerprint density at radius 1 is 1.08 bits per heavy atom. The molecule has 9 heteroatoms. The molecule has 3 rings (SSSR count). The highest BCUT2D eigenvalue weighted by Crippen LogP contribution is 2.33. The number of alkyl halides is 3. The van der Waals surface area contributed by atoms with Crippen molar-refractivity contribution in [1.82, 2.24) is 9.78 Å². The molecule has 1 aromatic heterocycles. The highest BCUT2D eigenvalue weighted by atomic mass is 32.2. The smallest absolute Gasteiger partial charge is 0.224 e. The number of primary sulfonamides is 1. The van der Waals surface area contributed by atoms with E-state index in [1.165, 1.54) is 6.08 Å². The zero-order valence-corrected chi connectivity index (χ0v) is 13.3. The van der Waals surface area contributed by atoms with E-state index in [0.717, 1.165) is 16.8 Å². The summed E-state index contributed by atoms with van der Waals surface area (Å²) in [5.74, 6) is 0. The van der Waals surface area contributed by atoms with Gasteiger partial charge in [-0.2, -0.15) is 18.3 Å². The first-order valence-electron chi connectivity index (χ1n) is 6.86. The normalized spacial score (nSPS) is 14.4. The molecule has 2 aromatic rings. The standard InChI is InChI=1S/C16H10F3N3O2S/c17-16(18,19)15-10-14(11-4-2-1-3-5-11)22(21-15)12-6-8-13(9-7-12)25(20,23)24/h1-6,8,10H,(H2,20,23,24). The summed E-state index contributed by atoms with van der Waals surface area (Å²) in [7, 11) is -3.98. The molecule has 2 N–H and O–H groups in total. The van der Waals surface area contributed by atoms with Crippen LogP contribution in [-0.4, -0.2) is 18.2 Å². The summed E-state index contributed by atoms with van der Waals surface area (Å²) in [4.78, 5) is -0.319. The fraction of sp³-hybridized carbons (Fsp3) is 0.0625. The second kappa shape index (κ2) is 5.91. The fourth-order valence-electron chi connectivity index (χ4n) is 2.17. The van der Waals surface area contributed by atoms with Crippen LogP contribution in [0, 0.1) is 0 Å². The van der Waals surface area contributed by atoms with E-state index in [1.807, 2.05) is 0 Å². The number of rotatable bonds is 3. The number of benzene rings is 1. The highest BCUT2D eigenvalue weighted by molar-refractivity contribution is 7.93. The number of aromatic nitrogens is 2. The van der Waals surface area contributed by atoms with Crippen molar-refractivity contribution >= 4 is 15.7 Å². The van der Waals surface area contributed by atoms with Crippen LogP contribution in [0.25, 0.3) is 17.0 Å². The monoisotopic (exact) mass is 365 g/mol. The molecule has 0 spiro atoms. The molecule has 1 aliphatic carbocycles. The Morgan fingerprint density at radius 3 is 2.28 bits per heavy atom. The van der Waals surface area contributed by atoms with Gasteiger partial charge in [0.15, 0.2) is 5.69 Å². The summed E-state index contributed by atoms with van der Waals surface area (Å²) in [5, 5.41) is 8.56. The zero-order chi connectivity index (χ0) is 18.2. The van der Waals surface area contributed by atoms with Crippen LogP contribution in [0.2, 0.25) is 0 Å². The van der Waals surface area contributed by atoms with Gasteiger partial charge in [-0.15, -0.1) is 0 Å². The first-order chi connectivity index (χ1) is 11.7. The molecule has 0 amide bonds. The average Bonchev–Trinajstić information content (AvgIpc) is 3.00. The topological polar surface area (TPSA) is 78.0 Å². The predicted octanol–water partition coefficient (Wildman–Crippen LogP) is 2.91. The minimum atomic E-state index is -4.63. The Kier molecular flexibility index (Phi) is 4.02. The fourth-order valence-corrected chi connectivity index (χ4v) is 2.62. The lowest BCUT2D eigenvalue weighted by molar-refractivity contribution is -0.141. The highest BCUT2D eigenvalue weighted by Gasteiger charge is 2.35. The van der Waals surface area contributed by atoms with Crippen LogP contribution < -0.4 is 5.14 Å². The lowest BCUT2D eigenvalue weighted by Crippen LogP contribution is -2.13. The molecule has 128 valence electrons. The first kappa shape index (κ1) is 17.0. The van der Waals surface area contributed by atoms with Crippen molar-refractivity contribution in [2.24, 2.45) is 5.14 Å². The Labute approximate surface area is 140 Å². The molecular formula is C16H10F3N3O2S. The largest absolute Gasteiger partial charge is 0.435 e. The van der Waals surface area contributed by atoms with Crippen LogP contribution in [-0.2, 0) is 16.2 Å². The summed E-state index contributed by atoms with van der Waals surface area (Å²) >= 11 is 0. The van der Waals surface area contributed by atoms with E-state index in [2.05, 4.69) is 16.6 Å². The number of sulfonamides is 1. The number of hydrogen-bond donors (Lipinski definition) is 1. The number of hydrogen-bond acceptors (Lipinski definition) is 3. The SMILES string of the molecule is NS(=O)(=O)C1=C=C=C(n2nc(C(F)(F)F)cc2-c2ccccc2)C=C1. The van der Waals surface area contributed by atoms with Crippen molar-refractivity contribution < 1.29 is 21.6 Å². The van der Waals surface area contributed by atoms with Crippen LogP contribution in [0.5, 0.6) is 0 Å². The molecule has 1 aromatic carbocycles. The quantitative estimate of drug-likeness (QED) is 0.850. The molecule has 0 aliphatic heterocycles. The van der Waals surface area contributed by atoms with Gasteiger partial charge in [0, 0.05) is 5.56 Å². The Hall–Kier alpha value is -2.83. The van der Waals surface area contributed by atoms with Crippen LogP contribution >= 0.6 is 0 Å². The van der Waals surface area contributed by atoms with Gasteiger partial charge in [-0.05, 0) is 29.7 Å². The lowest BCUT2D eigenvalue weighted by Gasteiger charge is -2.08. The Morgan fingerprint density at radius 2 is 1.76 bits per heavy atom. The van der Waals surface area contributed by atoms with Gasteiger partial charge in [-0.1, -0.05) is 30.3 Å². The lowest BCUT2D eigenvalue weighted by atomic mass is 10.1.